The van der Waals surface area contributed by atoms with Gasteiger partial charge in [0.2, 0.25) is 0 Å². The molecule has 1 aliphatic rings. The third kappa shape index (κ3) is 6.74. The monoisotopic (exact) mass is 500 g/mol. The van der Waals surface area contributed by atoms with Crippen LogP contribution >= 0.6 is 35.3 Å². The van der Waals surface area contributed by atoms with Crippen molar-refractivity contribution >= 4 is 41.3 Å². The number of benzene rings is 1. The summed E-state index contributed by atoms with van der Waals surface area (Å²) in [5.74, 6) is 0.830. The zero-order valence-electron chi connectivity index (χ0n) is 15.9. The average Bonchev–Trinajstić information content (AvgIpc) is 3.20. The van der Waals surface area contributed by atoms with Crippen molar-refractivity contribution in [2.75, 3.05) is 33.3 Å². The average molecular weight is 500 g/mol. The van der Waals surface area contributed by atoms with E-state index < -0.39 is 0 Å². The number of morpholine rings is 1. The Balaban J connectivity index is 0.00000261. The number of aliphatic imine (C=N–C) groups is 1. The highest BCUT2D eigenvalue weighted by molar-refractivity contribution is 14.0. The van der Waals surface area contributed by atoms with Gasteiger partial charge in [0.15, 0.2) is 5.96 Å². The Hall–Kier alpha value is -1.16. The smallest absolute Gasteiger partial charge is 0.191 e. The van der Waals surface area contributed by atoms with E-state index in [0.717, 1.165) is 38.7 Å². The van der Waals surface area contributed by atoms with Gasteiger partial charge in [-0.2, -0.15) is 0 Å². The molecule has 1 saturated heterocycles. The molecule has 148 valence electrons. The van der Waals surface area contributed by atoms with E-state index in [-0.39, 0.29) is 30.1 Å². The second kappa shape index (κ2) is 11.6. The Morgan fingerprint density at radius 1 is 1.26 bits per heavy atom. The van der Waals surface area contributed by atoms with Crippen LogP contribution in [0.5, 0.6) is 0 Å². The van der Waals surface area contributed by atoms with Crippen molar-refractivity contribution in [3.05, 3.63) is 58.3 Å². The molecule has 1 aromatic carbocycles. The van der Waals surface area contributed by atoms with Gasteiger partial charge in [0.1, 0.15) is 0 Å². The number of ether oxygens (including phenoxy) is 1. The molecule has 7 heteroatoms. The quantitative estimate of drug-likeness (QED) is 0.362. The van der Waals surface area contributed by atoms with Gasteiger partial charge in [-0.25, -0.2) is 0 Å². The summed E-state index contributed by atoms with van der Waals surface area (Å²) in [7, 11) is 1.82. The minimum Gasteiger partial charge on any atom is -0.376 e. The van der Waals surface area contributed by atoms with Gasteiger partial charge in [-0.3, -0.25) is 9.89 Å². The van der Waals surface area contributed by atoms with Crippen LogP contribution in [0.25, 0.3) is 0 Å². The predicted molar refractivity (Wildman–Crippen MR) is 124 cm³/mol. The number of nitrogens with one attached hydrogen (secondary N) is 2. The van der Waals surface area contributed by atoms with Gasteiger partial charge < -0.3 is 15.4 Å². The molecule has 0 aliphatic carbocycles. The lowest BCUT2D eigenvalue weighted by Crippen LogP contribution is -2.47. The lowest BCUT2D eigenvalue weighted by atomic mass is 10.1. The molecule has 0 bridgehead atoms. The Morgan fingerprint density at radius 2 is 2.07 bits per heavy atom. The molecule has 2 atom stereocenters. The number of guanidine groups is 1. The molecule has 0 radical (unpaired) electrons. The summed E-state index contributed by atoms with van der Waals surface area (Å²) < 4.78 is 5.72. The maximum atomic E-state index is 5.72. The van der Waals surface area contributed by atoms with Crippen LogP contribution in [0.2, 0.25) is 0 Å². The third-order valence-corrected chi connectivity index (χ3v) is 5.55. The first kappa shape index (κ1) is 22.1. The van der Waals surface area contributed by atoms with Crippen LogP contribution in [0.15, 0.2) is 52.8 Å². The van der Waals surface area contributed by atoms with E-state index >= 15 is 0 Å². The molecule has 2 aromatic rings. The van der Waals surface area contributed by atoms with Gasteiger partial charge in [-0.15, -0.1) is 35.3 Å². The van der Waals surface area contributed by atoms with Crippen molar-refractivity contribution in [1.82, 2.24) is 15.5 Å². The largest absolute Gasteiger partial charge is 0.376 e. The zero-order valence-corrected chi connectivity index (χ0v) is 19.1. The van der Waals surface area contributed by atoms with Crippen LogP contribution in [0.4, 0.5) is 0 Å². The zero-order chi connectivity index (χ0) is 18.2. The second-order valence-corrected chi connectivity index (χ2v) is 7.48. The minimum atomic E-state index is 0. The molecule has 1 aliphatic heterocycles. The van der Waals surface area contributed by atoms with Crippen LogP contribution in [0.1, 0.15) is 23.4 Å². The maximum Gasteiger partial charge on any atom is 0.191 e. The van der Waals surface area contributed by atoms with Crippen molar-refractivity contribution in [3.8, 4) is 0 Å². The first-order chi connectivity index (χ1) is 12.8. The fraction of sp³-hybridized carbons (Fsp3) is 0.450. The second-order valence-electron chi connectivity index (χ2n) is 6.50. The van der Waals surface area contributed by atoms with E-state index in [4.69, 9.17) is 4.74 Å². The van der Waals surface area contributed by atoms with Crippen molar-refractivity contribution in [3.63, 3.8) is 0 Å². The van der Waals surface area contributed by atoms with Crippen molar-refractivity contribution < 1.29 is 4.74 Å². The molecule has 0 spiro atoms. The molecule has 27 heavy (non-hydrogen) atoms. The predicted octanol–water partition coefficient (Wildman–Crippen LogP) is 3.49. The normalized spacial score (nSPS) is 19.2. The molecule has 1 fully saturated rings. The van der Waals surface area contributed by atoms with E-state index in [9.17, 15) is 0 Å². The molecule has 2 heterocycles. The van der Waals surface area contributed by atoms with Crippen LogP contribution in [-0.4, -0.2) is 50.3 Å². The SMILES string of the molecule is CN=C(NCc1ccccc1)NCC(c1cccs1)N1CCOC(C)C1.I. The first-order valence-corrected chi connectivity index (χ1v) is 10.0. The van der Waals surface area contributed by atoms with Gasteiger partial charge in [0, 0.05) is 38.1 Å². The van der Waals surface area contributed by atoms with Crippen molar-refractivity contribution in [2.45, 2.75) is 25.6 Å². The first-order valence-electron chi connectivity index (χ1n) is 9.13. The van der Waals surface area contributed by atoms with Gasteiger partial charge in [0.25, 0.3) is 0 Å². The highest BCUT2D eigenvalue weighted by atomic mass is 127. The minimum absolute atomic E-state index is 0. The van der Waals surface area contributed by atoms with Gasteiger partial charge in [0.05, 0.1) is 18.8 Å². The van der Waals surface area contributed by atoms with Crippen molar-refractivity contribution in [2.24, 2.45) is 4.99 Å². The van der Waals surface area contributed by atoms with Gasteiger partial charge in [-0.1, -0.05) is 36.4 Å². The van der Waals surface area contributed by atoms with E-state index in [1.165, 1.54) is 10.4 Å². The van der Waals surface area contributed by atoms with E-state index in [1.54, 1.807) is 0 Å². The highest BCUT2D eigenvalue weighted by Gasteiger charge is 2.26. The number of rotatable bonds is 6. The third-order valence-electron chi connectivity index (χ3n) is 4.57. The summed E-state index contributed by atoms with van der Waals surface area (Å²) in [6.45, 7) is 6.45. The van der Waals surface area contributed by atoms with Crippen molar-refractivity contribution in [1.29, 1.82) is 0 Å². The number of hydrogen-bond acceptors (Lipinski definition) is 4. The molecule has 0 amide bonds. The summed E-state index contributed by atoms with van der Waals surface area (Å²) in [6.07, 6.45) is 0.279. The molecular weight excluding hydrogens is 471 g/mol. The number of hydrogen-bond donors (Lipinski definition) is 2. The lowest BCUT2D eigenvalue weighted by molar-refractivity contribution is -0.0334. The molecule has 3 rings (SSSR count). The number of thiophene rings is 1. The number of halogens is 1. The fourth-order valence-corrected chi connectivity index (χ4v) is 4.08. The van der Waals surface area contributed by atoms with Gasteiger partial charge >= 0.3 is 0 Å². The summed E-state index contributed by atoms with van der Waals surface area (Å²) >= 11 is 1.81. The summed E-state index contributed by atoms with van der Waals surface area (Å²) in [5.41, 5.74) is 1.24. The molecular formula is C20H29IN4OS. The van der Waals surface area contributed by atoms with Gasteiger partial charge in [-0.05, 0) is 23.9 Å². The Bertz CT molecular complexity index is 681. The number of nitrogens with zero attached hydrogens (tertiary/aromatic N) is 2. The topological polar surface area (TPSA) is 48.9 Å². The molecule has 1 aromatic heterocycles. The molecule has 2 unspecified atom stereocenters. The van der Waals surface area contributed by atoms with Crippen LogP contribution < -0.4 is 10.6 Å². The Morgan fingerprint density at radius 3 is 2.74 bits per heavy atom. The van der Waals surface area contributed by atoms with E-state index in [2.05, 4.69) is 69.2 Å². The standard InChI is InChI=1S/C20H28N4OS.HI/c1-16-15-24(10-11-25-16)18(19-9-6-12-26-19)14-23-20(21-2)22-13-17-7-4-3-5-8-17;/h3-9,12,16,18H,10-11,13-15H2,1-2H3,(H2,21,22,23);1H. The Labute approximate surface area is 183 Å². The summed E-state index contributed by atoms with van der Waals surface area (Å²) in [6, 6.07) is 15.0. The highest BCUT2D eigenvalue weighted by Crippen LogP contribution is 2.26. The molecule has 0 saturated carbocycles. The summed E-state index contributed by atoms with van der Waals surface area (Å²) in [5, 5.41) is 9.05. The fourth-order valence-electron chi connectivity index (χ4n) is 3.21. The van der Waals surface area contributed by atoms with E-state index in [0.29, 0.717) is 6.04 Å². The van der Waals surface area contributed by atoms with Crippen LogP contribution in [0.3, 0.4) is 0 Å². The Kier molecular flexibility index (Phi) is 9.53. The summed E-state index contributed by atoms with van der Waals surface area (Å²) in [4.78, 5) is 8.26. The lowest BCUT2D eigenvalue weighted by Gasteiger charge is -2.37. The molecule has 2 N–H and O–H groups in total. The van der Waals surface area contributed by atoms with E-state index in [1.807, 2.05) is 24.5 Å². The van der Waals surface area contributed by atoms with Crippen LogP contribution in [0, 0.1) is 0 Å². The maximum absolute atomic E-state index is 5.72. The molecule has 5 nitrogen and oxygen atoms in total. The van der Waals surface area contributed by atoms with Crippen LogP contribution in [-0.2, 0) is 11.3 Å².